The molecule has 104 valence electrons. The van der Waals surface area contributed by atoms with E-state index >= 15 is 0 Å². The molecule has 1 fully saturated rings. The van der Waals surface area contributed by atoms with Crippen molar-refractivity contribution < 1.29 is 4.79 Å². The Kier molecular flexibility index (Phi) is 3.85. The Morgan fingerprint density at radius 1 is 1.45 bits per heavy atom. The first-order chi connectivity index (χ1) is 9.74. The highest BCUT2D eigenvalue weighted by atomic mass is 35.5. The van der Waals surface area contributed by atoms with Gasteiger partial charge in [0.2, 0.25) is 5.91 Å². The summed E-state index contributed by atoms with van der Waals surface area (Å²) in [5.74, 6) is 0.484. The Bertz CT molecular complexity index is 638. The van der Waals surface area contributed by atoms with E-state index in [2.05, 4.69) is 15.6 Å². The Morgan fingerprint density at radius 3 is 3.15 bits per heavy atom. The summed E-state index contributed by atoms with van der Waals surface area (Å²) in [5, 5.41) is 7.71. The fraction of sp³-hybridized carbons (Fsp3) is 0.333. The molecule has 1 atom stereocenters. The molecule has 0 saturated carbocycles. The van der Waals surface area contributed by atoms with Crippen molar-refractivity contribution in [1.29, 1.82) is 0 Å². The molecule has 0 bridgehead atoms. The molecular weight excluding hydrogens is 274 g/mol. The van der Waals surface area contributed by atoms with Crippen molar-refractivity contribution >= 4 is 34.1 Å². The lowest BCUT2D eigenvalue weighted by Gasteiger charge is -2.11. The van der Waals surface area contributed by atoms with E-state index in [0.29, 0.717) is 17.4 Å². The van der Waals surface area contributed by atoms with Crippen LogP contribution in [0.1, 0.15) is 12.8 Å². The first kappa shape index (κ1) is 13.3. The van der Waals surface area contributed by atoms with Crippen LogP contribution in [0.5, 0.6) is 0 Å². The van der Waals surface area contributed by atoms with E-state index in [-0.39, 0.29) is 5.91 Å². The number of hydrogen-bond acceptors (Lipinski definition) is 3. The number of halogens is 1. The summed E-state index contributed by atoms with van der Waals surface area (Å²) < 4.78 is 0. The molecule has 5 heteroatoms. The third-order valence-electron chi connectivity index (χ3n) is 3.63. The van der Waals surface area contributed by atoms with Gasteiger partial charge in [-0.15, -0.1) is 0 Å². The molecule has 2 N–H and O–H groups in total. The van der Waals surface area contributed by atoms with Gasteiger partial charge in [0, 0.05) is 18.0 Å². The van der Waals surface area contributed by atoms with Crippen LogP contribution in [0, 0.1) is 5.92 Å². The van der Waals surface area contributed by atoms with Crippen molar-refractivity contribution in [1.82, 2.24) is 10.3 Å². The van der Waals surface area contributed by atoms with E-state index in [1.54, 1.807) is 12.3 Å². The molecule has 2 aromatic rings. The van der Waals surface area contributed by atoms with Crippen LogP contribution in [-0.2, 0) is 4.79 Å². The van der Waals surface area contributed by atoms with Crippen molar-refractivity contribution in [3.8, 4) is 0 Å². The lowest BCUT2D eigenvalue weighted by Crippen LogP contribution is -2.18. The molecule has 0 aliphatic carbocycles. The minimum atomic E-state index is 0.0474. The van der Waals surface area contributed by atoms with E-state index in [4.69, 9.17) is 11.6 Å². The number of carbonyl (C=O) groups excluding carboxylic acids is 1. The van der Waals surface area contributed by atoms with Gasteiger partial charge in [0.1, 0.15) is 0 Å². The predicted octanol–water partition coefficient (Wildman–Crippen LogP) is 2.83. The van der Waals surface area contributed by atoms with Gasteiger partial charge in [0.25, 0.3) is 0 Å². The van der Waals surface area contributed by atoms with Crippen molar-refractivity contribution in [2.75, 3.05) is 18.4 Å². The second kappa shape index (κ2) is 5.77. The molecular formula is C15H16ClN3O. The monoisotopic (exact) mass is 289 g/mol. The zero-order valence-corrected chi connectivity index (χ0v) is 11.8. The molecule has 0 spiro atoms. The third kappa shape index (κ3) is 2.76. The fourth-order valence-corrected chi connectivity index (χ4v) is 2.81. The van der Waals surface area contributed by atoms with Gasteiger partial charge >= 0.3 is 0 Å². The summed E-state index contributed by atoms with van der Waals surface area (Å²) in [6.45, 7) is 1.93. The van der Waals surface area contributed by atoms with Crippen LogP contribution >= 0.6 is 11.6 Å². The van der Waals surface area contributed by atoms with Crippen LogP contribution in [0.2, 0.25) is 5.02 Å². The van der Waals surface area contributed by atoms with Gasteiger partial charge in [-0.05, 0) is 49.7 Å². The number of rotatable bonds is 3. The smallest absolute Gasteiger partial charge is 0.224 e. The summed E-state index contributed by atoms with van der Waals surface area (Å²) >= 11 is 6.12. The van der Waals surface area contributed by atoms with Gasteiger partial charge < -0.3 is 10.6 Å². The minimum absolute atomic E-state index is 0.0474. The van der Waals surface area contributed by atoms with Crippen LogP contribution in [0.15, 0.2) is 30.5 Å². The second-order valence-corrected chi connectivity index (χ2v) is 5.51. The molecule has 1 unspecified atom stereocenters. The SMILES string of the molecule is O=C(CC1CCNC1)Nc1ccc(Cl)c2ncccc12. The molecule has 1 saturated heterocycles. The molecule has 3 rings (SSSR count). The lowest BCUT2D eigenvalue weighted by atomic mass is 10.0. The standard InChI is InChI=1S/C15H16ClN3O/c16-12-3-4-13(11-2-1-6-18-15(11)12)19-14(20)8-10-5-7-17-9-10/h1-4,6,10,17H,5,7-9H2,(H,19,20). The highest BCUT2D eigenvalue weighted by molar-refractivity contribution is 6.35. The van der Waals surface area contributed by atoms with E-state index < -0.39 is 0 Å². The van der Waals surface area contributed by atoms with Crippen LogP contribution in [0.4, 0.5) is 5.69 Å². The van der Waals surface area contributed by atoms with Crippen molar-refractivity contribution in [2.45, 2.75) is 12.8 Å². The highest BCUT2D eigenvalue weighted by Crippen LogP contribution is 2.28. The maximum atomic E-state index is 12.1. The maximum Gasteiger partial charge on any atom is 0.224 e. The fourth-order valence-electron chi connectivity index (χ4n) is 2.60. The Hall–Kier alpha value is -1.65. The molecule has 1 aromatic carbocycles. The van der Waals surface area contributed by atoms with Gasteiger partial charge in [-0.3, -0.25) is 9.78 Å². The zero-order chi connectivity index (χ0) is 13.9. The summed E-state index contributed by atoms with van der Waals surface area (Å²) in [4.78, 5) is 16.4. The quantitative estimate of drug-likeness (QED) is 0.913. The van der Waals surface area contributed by atoms with E-state index in [1.165, 1.54) is 0 Å². The molecule has 1 aromatic heterocycles. The average Bonchev–Trinajstić information content (AvgIpc) is 2.95. The van der Waals surface area contributed by atoms with Gasteiger partial charge in [-0.1, -0.05) is 11.6 Å². The van der Waals surface area contributed by atoms with Gasteiger partial charge in [-0.2, -0.15) is 0 Å². The normalized spacial score (nSPS) is 18.4. The van der Waals surface area contributed by atoms with Crippen molar-refractivity contribution in [3.05, 3.63) is 35.5 Å². The number of aromatic nitrogens is 1. The number of benzene rings is 1. The number of hydrogen-bond donors (Lipinski definition) is 2. The number of amides is 1. The Balaban J connectivity index is 1.80. The van der Waals surface area contributed by atoms with Crippen molar-refractivity contribution in [2.24, 2.45) is 5.92 Å². The van der Waals surface area contributed by atoms with E-state index in [1.807, 2.05) is 18.2 Å². The second-order valence-electron chi connectivity index (χ2n) is 5.11. The number of nitrogens with one attached hydrogen (secondary N) is 2. The van der Waals surface area contributed by atoms with Crippen LogP contribution in [-0.4, -0.2) is 24.0 Å². The Labute approximate surface area is 122 Å². The highest BCUT2D eigenvalue weighted by Gasteiger charge is 2.18. The summed E-state index contributed by atoms with van der Waals surface area (Å²) in [7, 11) is 0. The molecule has 1 aliphatic rings. The number of fused-ring (bicyclic) bond motifs is 1. The number of pyridine rings is 1. The van der Waals surface area contributed by atoms with Crippen LogP contribution in [0.25, 0.3) is 10.9 Å². The molecule has 2 heterocycles. The molecule has 1 aliphatic heterocycles. The largest absolute Gasteiger partial charge is 0.325 e. The van der Waals surface area contributed by atoms with Gasteiger partial charge in [0.15, 0.2) is 0 Å². The summed E-state index contributed by atoms with van der Waals surface area (Å²) in [6.07, 6.45) is 3.32. The first-order valence-electron chi connectivity index (χ1n) is 6.78. The van der Waals surface area contributed by atoms with Gasteiger partial charge in [-0.25, -0.2) is 0 Å². The molecule has 20 heavy (non-hydrogen) atoms. The zero-order valence-electron chi connectivity index (χ0n) is 11.0. The predicted molar refractivity (Wildman–Crippen MR) is 81.0 cm³/mol. The number of anilines is 1. The Morgan fingerprint density at radius 2 is 2.35 bits per heavy atom. The van der Waals surface area contributed by atoms with E-state index in [9.17, 15) is 4.79 Å². The third-order valence-corrected chi connectivity index (χ3v) is 3.94. The molecule has 4 nitrogen and oxygen atoms in total. The lowest BCUT2D eigenvalue weighted by molar-refractivity contribution is -0.116. The number of nitrogens with zero attached hydrogens (tertiary/aromatic N) is 1. The maximum absolute atomic E-state index is 12.1. The summed E-state index contributed by atoms with van der Waals surface area (Å²) in [5.41, 5.74) is 1.49. The molecule has 0 radical (unpaired) electrons. The summed E-state index contributed by atoms with van der Waals surface area (Å²) in [6, 6.07) is 7.36. The average molecular weight is 290 g/mol. The van der Waals surface area contributed by atoms with Gasteiger partial charge in [0.05, 0.1) is 16.2 Å². The topological polar surface area (TPSA) is 54.0 Å². The number of carbonyl (C=O) groups is 1. The van der Waals surface area contributed by atoms with E-state index in [0.717, 1.165) is 36.1 Å². The first-order valence-corrected chi connectivity index (χ1v) is 7.15. The van der Waals surface area contributed by atoms with Crippen LogP contribution < -0.4 is 10.6 Å². The van der Waals surface area contributed by atoms with Crippen LogP contribution in [0.3, 0.4) is 0 Å². The minimum Gasteiger partial charge on any atom is -0.325 e. The van der Waals surface area contributed by atoms with Crippen molar-refractivity contribution in [3.63, 3.8) is 0 Å². The molecule has 1 amide bonds.